The lowest BCUT2D eigenvalue weighted by atomic mass is 10.0. The van der Waals surface area contributed by atoms with Crippen LogP contribution in [0.2, 0.25) is 5.02 Å². The van der Waals surface area contributed by atoms with E-state index in [9.17, 15) is 14.4 Å². The van der Waals surface area contributed by atoms with Crippen molar-refractivity contribution < 1.29 is 14.4 Å². The van der Waals surface area contributed by atoms with Gasteiger partial charge in [-0.05, 0) is 48.7 Å². The van der Waals surface area contributed by atoms with Crippen molar-refractivity contribution in [1.82, 2.24) is 10.6 Å². The molecule has 0 fully saturated rings. The van der Waals surface area contributed by atoms with E-state index < -0.39 is 17.9 Å². The summed E-state index contributed by atoms with van der Waals surface area (Å²) < 4.78 is 0.912. The van der Waals surface area contributed by atoms with Gasteiger partial charge in [0.2, 0.25) is 11.8 Å². The first-order chi connectivity index (χ1) is 13.7. The van der Waals surface area contributed by atoms with Gasteiger partial charge >= 0.3 is 0 Å². The van der Waals surface area contributed by atoms with Gasteiger partial charge in [0.15, 0.2) is 0 Å². The van der Waals surface area contributed by atoms with Crippen LogP contribution in [0.15, 0.2) is 46.9 Å². The third-order valence-electron chi connectivity index (χ3n) is 4.24. The van der Waals surface area contributed by atoms with Gasteiger partial charge in [-0.15, -0.1) is 0 Å². The van der Waals surface area contributed by atoms with Gasteiger partial charge in [-0.25, -0.2) is 0 Å². The molecule has 1 unspecified atom stereocenters. The van der Waals surface area contributed by atoms with E-state index in [1.165, 1.54) is 0 Å². The average Bonchev–Trinajstić information content (AvgIpc) is 2.66. The Bertz CT molecular complexity index is 918. The maximum Gasteiger partial charge on any atom is 0.253 e. The second-order valence-electron chi connectivity index (χ2n) is 6.90. The lowest BCUT2D eigenvalue weighted by Gasteiger charge is -2.22. The summed E-state index contributed by atoms with van der Waals surface area (Å²) in [6.45, 7) is 5.28. The highest BCUT2D eigenvalue weighted by atomic mass is 79.9. The van der Waals surface area contributed by atoms with Crippen molar-refractivity contribution in [1.29, 1.82) is 0 Å². The molecule has 2 aromatic carbocycles. The van der Waals surface area contributed by atoms with E-state index in [1.54, 1.807) is 30.3 Å². The molecule has 8 heteroatoms. The second kappa shape index (κ2) is 10.4. The number of hydrogen-bond donors (Lipinski definition) is 3. The van der Waals surface area contributed by atoms with E-state index in [4.69, 9.17) is 11.6 Å². The van der Waals surface area contributed by atoms with Gasteiger partial charge in [-0.3, -0.25) is 14.4 Å². The van der Waals surface area contributed by atoms with Gasteiger partial charge in [-0.1, -0.05) is 53.5 Å². The number of aryl methyl sites for hydroxylation is 1. The minimum absolute atomic E-state index is 0.182. The number of halogens is 2. The number of hydrogen-bond acceptors (Lipinski definition) is 3. The minimum atomic E-state index is -0.805. The van der Waals surface area contributed by atoms with Crippen LogP contribution < -0.4 is 16.0 Å². The predicted octanol–water partition coefficient (Wildman–Crippen LogP) is 3.92. The molecule has 2 aromatic rings. The first kappa shape index (κ1) is 22.9. The maximum absolute atomic E-state index is 12.6. The van der Waals surface area contributed by atoms with Crippen LogP contribution in [-0.4, -0.2) is 30.3 Å². The zero-order valence-corrected chi connectivity index (χ0v) is 18.7. The van der Waals surface area contributed by atoms with Crippen LogP contribution in [0, 0.1) is 12.8 Å². The molecule has 3 amide bonds. The monoisotopic (exact) mass is 479 g/mol. The number of nitrogens with one attached hydrogen (secondary N) is 3. The first-order valence-electron chi connectivity index (χ1n) is 9.08. The fourth-order valence-corrected chi connectivity index (χ4v) is 3.34. The van der Waals surface area contributed by atoms with Crippen LogP contribution in [0.1, 0.15) is 29.8 Å². The zero-order chi connectivity index (χ0) is 21.6. The molecule has 1 atom stereocenters. The fraction of sp³-hybridized carbons (Fsp3) is 0.286. The molecule has 154 valence electrons. The molecule has 0 saturated heterocycles. The molecule has 0 aliphatic heterocycles. The highest BCUT2D eigenvalue weighted by Crippen LogP contribution is 2.20. The van der Waals surface area contributed by atoms with Crippen molar-refractivity contribution in [3.8, 4) is 0 Å². The number of carbonyl (C=O) groups is 3. The van der Waals surface area contributed by atoms with Crippen LogP contribution in [-0.2, 0) is 9.59 Å². The molecule has 0 saturated carbocycles. The number of amides is 3. The van der Waals surface area contributed by atoms with Gasteiger partial charge in [0.1, 0.15) is 6.04 Å². The Kier molecular flexibility index (Phi) is 8.22. The topological polar surface area (TPSA) is 87.3 Å². The average molecular weight is 481 g/mol. The largest absolute Gasteiger partial charge is 0.345 e. The summed E-state index contributed by atoms with van der Waals surface area (Å²) >= 11 is 9.42. The van der Waals surface area contributed by atoms with Crippen molar-refractivity contribution >= 4 is 50.9 Å². The summed E-state index contributed by atoms with van der Waals surface area (Å²) in [7, 11) is 0. The molecule has 2 rings (SSSR count). The standard InChI is InChI=1S/C21H23BrClN3O3/c1-12(2)19(26-20(28)15-6-4-5-7-16(15)23)21(29)24-11-18(27)25-17-9-8-14(22)10-13(17)3/h4-10,12,19H,11H2,1-3H3,(H,24,29)(H,25,27)(H,26,28). The fourth-order valence-electron chi connectivity index (χ4n) is 2.64. The Morgan fingerprint density at radius 1 is 1.10 bits per heavy atom. The predicted molar refractivity (Wildman–Crippen MR) is 118 cm³/mol. The number of anilines is 1. The first-order valence-corrected chi connectivity index (χ1v) is 10.2. The van der Waals surface area contributed by atoms with Gasteiger partial charge in [0, 0.05) is 10.2 Å². The van der Waals surface area contributed by atoms with Crippen molar-refractivity contribution in [2.24, 2.45) is 5.92 Å². The normalized spacial score (nSPS) is 11.7. The third kappa shape index (κ3) is 6.58. The Balaban J connectivity index is 1.96. The van der Waals surface area contributed by atoms with Gasteiger partial charge < -0.3 is 16.0 Å². The van der Waals surface area contributed by atoms with Crippen LogP contribution in [0.4, 0.5) is 5.69 Å². The smallest absolute Gasteiger partial charge is 0.253 e. The second-order valence-corrected chi connectivity index (χ2v) is 8.22. The van der Waals surface area contributed by atoms with Gasteiger partial charge in [0.25, 0.3) is 5.91 Å². The van der Waals surface area contributed by atoms with Gasteiger partial charge in [0.05, 0.1) is 17.1 Å². The summed E-state index contributed by atoms with van der Waals surface area (Å²) in [5.41, 5.74) is 1.85. The summed E-state index contributed by atoms with van der Waals surface area (Å²) in [6, 6.07) is 11.3. The highest BCUT2D eigenvalue weighted by Gasteiger charge is 2.25. The Morgan fingerprint density at radius 3 is 2.41 bits per heavy atom. The maximum atomic E-state index is 12.6. The van der Waals surface area contributed by atoms with Crippen molar-refractivity contribution in [3.05, 3.63) is 63.1 Å². The van der Waals surface area contributed by atoms with E-state index in [1.807, 2.05) is 32.9 Å². The van der Waals surface area contributed by atoms with E-state index in [0.29, 0.717) is 10.7 Å². The summed E-state index contributed by atoms with van der Waals surface area (Å²) in [5, 5.41) is 8.33. The number of carbonyl (C=O) groups excluding carboxylic acids is 3. The van der Waals surface area contributed by atoms with Crippen molar-refractivity contribution in [2.45, 2.75) is 26.8 Å². The molecule has 6 nitrogen and oxygen atoms in total. The number of benzene rings is 2. The molecule has 0 aliphatic carbocycles. The quantitative estimate of drug-likeness (QED) is 0.561. The molecule has 0 bridgehead atoms. The highest BCUT2D eigenvalue weighted by molar-refractivity contribution is 9.10. The van der Waals surface area contributed by atoms with E-state index in [2.05, 4.69) is 31.9 Å². The molecular formula is C21H23BrClN3O3. The Labute approximate surface area is 183 Å². The SMILES string of the molecule is Cc1cc(Br)ccc1NC(=O)CNC(=O)C(NC(=O)c1ccccc1Cl)C(C)C. The zero-order valence-electron chi connectivity index (χ0n) is 16.4. The van der Waals surface area contributed by atoms with E-state index >= 15 is 0 Å². The van der Waals surface area contributed by atoms with Crippen LogP contribution in [0.5, 0.6) is 0 Å². The number of rotatable bonds is 7. The summed E-state index contributed by atoms with van der Waals surface area (Å²) in [5.74, 6) is -1.43. The Hall–Kier alpha value is -2.38. The molecule has 0 aromatic heterocycles. The molecule has 0 radical (unpaired) electrons. The summed E-state index contributed by atoms with van der Waals surface area (Å²) in [4.78, 5) is 37.2. The minimum Gasteiger partial charge on any atom is -0.345 e. The van der Waals surface area contributed by atoms with Crippen molar-refractivity contribution in [2.75, 3.05) is 11.9 Å². The molecule has 0 heterocycles. The molecular weight excluding hydrogens is 458 g/mol. The van der Waals surface area contributed by atoms with Gasteiger partial charge in [-0.2, -0.15) is 0 Å². The van der Waals surface area contributed by atoms with Crippen LogP contribution in [0.25, 0.3) is 0 Å². The van der Waals surface area contributed by atoms with Crippen LogP contribution >= 0.6 is 27.5 Å². The third-order valence-corrected chi connectivity index (χ3v) is 5.06. The lowest BCUT2D eigenvalue weighted by molar-refractivity contribution is -0.126. The molecule has 0 aliphatic rings. The van der Waals surface area contributed by atoms with Crippen molar-refractivity contribution in [3.63, 3.8) is 0 Å². The lowest BCUT2D eigenvalue weighted by Crippen LogP contribution is -2.51. The van der Waals surface area contributed by atoms with Crippen LogP contribution in [0.3, 0.4) is 0 Å². The molecule has 3 N–H and O–H groups in total. The Morgan fingerprint density at radius 2 is 1.79 bits per heavy atom. The molecule has 29 heavy (non-hydrogen) atoms. The summed E-state index contributed by atoms with van der Waals surface area (Å²) in [6.07, 6.45) is 0. The van der Waals surface area contributed by atoms with E-state index in [-0.39, 0.29) is 23.9 Å². The van der Waals surface area contributed by atoms with E-state index in [0.717, 1.165) is 10.0 Å². The molecule has 0 spiro atoms.